The maximum atomic E-state index is 12.6. The van der Waals surface area contributed by atoms with E-state index in [1.807, 2.05) is 24.3 Å². The average Bonchev–Trinajstić information content (AvgIpc) is 2.86. The molecular formula is C30H50O4. The fraction of sp³-hybridized carbons (Fsp3) is 0.733. The van der Waals surface area contributed by atoms with Crippen LogP contribution in [0.1, 0.15) is 117 Å². The van der Waals surface area contributed by atoms with Gasteiger partial charge in [-0.15, -0.1) is 0 Å². The Morgan fingerprint density at radius 3 is 1.41 bits per heavy atom. The van der Waals surface area contributed by atoms with Crippen LogP contribution in [-0.2, 0) is 19.1 Å². The molecule has 0 aliphatic heterocycles. The summed E-state index contributed by atoms with van der Waals surface area (Å²) in [6, 6.07) is 0. The van der Waals surface area contributed by atoms with Crippen molar-refractivity contribution < 1.29 is 19.1 Å². The summed E-state index contributed by atoms with van der Waals surface area (Å²) >= 11 is 0. The number of rotatable bonds is 20. The van der Waals surface area contributed by atoms with Crippen LogP contribution < -0.4 is 0 Å². The quantitative estimate of drug-likeness (QED) is 0.101. The molecule has 0 fully saturated rings. The zero-order chi connectivity index (χ0) is 24.7. The molecule has 0 N–H and O–H groups in total. The Morgan fingerprint density at radius 1 is 0.618 bits per heavy atom. The molecule has 0 aromatic rings. The number of esters is 2. The third kappa shape index (κ3) is 15.1. The normalized spacial score (nSPS) is 18.1. The molecule has 0 radical (unpaired) electrons. The number of hydrogen-bond donors (Lipinski definition) is 0. The van der Waals surface area contributed by atoms with Crippen LogP contribution in [0.3, 0.4) is 0 Å². The van der Waals surface area contributed by atoms with E-state index in [0.717, 1.165) is 12.8 Å². The van der Waals surface area contributed by atoms with Gasteiger partial charge < -0.3 is 9.47 Å². The van der Waals surface area contributed by atoms with Crippen molar-refractivity contribution in [1.29, 1.82) is 0 Å². The van der Waals surface area contributed by atoms with Crippen LogP contribution in [-0.4, -0.2) is 25.2 Å². The summed E-state index contributed by atoms with van der Waals surface area (Å²) in [7, 11) is 0. The molecule has 0 saturated carbocycles. The van der Waals surface area contributed by atoms with Crippen molar-refractivity contribution in [2.75, 3.05) is 13.2 Å². The first-order valence-electron chi connectivity index (χ1n) is 14.0. The summed E-state index contributed by atoms with van der Waals surface area (Å²) < 4.78 is 10.9. The van der Waals surface area contributed by atoms with Gasteiger partial charge in [-0.25, -0.2) is 0 Å². The van der Waals surface area contributed by atoms with E-state index < -0.39 is 11.8 Å². The summed E-state index contributed by atoms with van der Waals surface area (Å²) in [5.41, 5.74) is 0. The van der Waals surface area contributed by atoms with E-state index in [9.17, 15) is 9.59 Å². The zero-order valence-corrected chi connectivity index (χ0v) is 22.0. The third-order valence-electron chi connectivity index (χ3n) is 6.46. The van der Waals surface area contributed by atoms with E-state index in [1.165, 1.54) is 77.0 Å². The van der Waals surface area contributed by atoms with Gasteiger partial charge >= 0.3 is 11.9 Å². The van der Waals surface area contributed by atoms with Gasteiger partial charge in [-0.05, 0) is 38.5 Å². The second kappa shape index (κ2) is 21.7. The number of allylic oxidation sites excluding steroid dienone is 4. The van der Waals surface area contributed by atoms with E-state index >= 15 is 0 Å². The Labute approximate surface area is 209 Å². The van der Waals surface area contributed by atoms with Gasteiger partial charge in [-0.3, -0.25) is 9.59 Å². The number of unbranched alkanes of at least 4 members (excludes halogenated alkanes) is 12. The number of carbonyl (C=O) groups excluding carboxylic acids is 2. The summed E-state index contributed by atoms with van der Waals surface area (Å²) in [5, 5.41) is 0. The van der Waals surface area contributed by atoms with E-state index in [0.29, 0.717) is 12.8 Å². The highest BCUT2D eigenvalue weighted by atomic mass is 16.5. The minimum absolute atomic E-state index is 0.276. The lowest BCUT2D eigenvalue weighted by atomic mass is 9.83. The molecule has 0 amide bonds. The van der Waals surface area contributed by atoms with E-state index in [4.69, 9.17) is 9.47 Å². The van der Waals surface area contributed by atoms with Crippen LogP contribution in [0.25, 0.3) is 0 Å². The summed E-state index contributed by atoms with van der Waals surface area (Å²) in [4.78, 5) is 25.2. The fourth-order valence-electron chi connectivity index (χ4n) is 4.27. The first kappa shape index (κ1) is 30.2. The molecule has 0 spiro atoms. The Kier molecular flexibility index (Phi) is 19.2. The molecule has 2 unspecified atom stereocenters. The lowest BCUT2D eigenvalue weighted by Crippen LogP contribution is -2.33. The van der Waals surface area contributed by atoms with Crippen molar-refractivity contribution in [3.8, 4) is 0 Å². The molecule has 0 bridgehead atoms. The fourth-order valence-corrected chi connectivity index (χ4v) is 4.27. The van der Waals surface area contributed by atoms with Gasteiger partial charge in [-0.2, -0.15) is 0 Å². The van der Waals surface area contributed by atoms with E-state index in [-0.39, 0.29) is 25.2 Å². The van der Waals surface area contributed by atoms with Gasteiger partial charge in [0.2, 0.25) is 0 Å². The average molecular weight is 475 g/mol. The molecule has 0 aromatic heterocycles. The molecule has 0 aromatic carbocycles. The molecule has 194 valence electrons. The van der Waals surface area contributed by atoms with Crippen LogP contribution in [0.4, 0.5) is 0 Å². The molecule has 1 aliphatic carbocycles. The monoisotopic (exact) mass is 474 g/mol. The smallest absolute Gasteiger partial charge is 0.310 e. The van der Waals surface area contributed by atoms with Crippen LogP contribution in [0.2, 0.25) is 0 Å². The highest BCUT2D eigenvalue weighted by molar-refractivity contribution is 5.82. The number of hydrogen-bond acceptors (Lipinski definition) is 4. The van der Waals surface area contributed by atoms with Crippen LogP contribution >= 0.6 is 0 Å². The highest BCUT2D eigenvalue weighted by Crippen LogP contribution is 2.28. The van der Waals surface area contributed by atoms with Crippen molar-refractivity contribution in [1.82, 2.24) is 0 Å². The first-order valence-corrected chi connectivity index (χ1v) is 14.0. The predicted molar refractivity (Wildman–Crippen MR) is 142 cm³/mol. The van der Waals surface area contributed by atoms with Crippen molar-refractivity contribution >= 4 is 11.9 Å². The van der Waals surface area contributed by atoms with Gasteiger partial charge in [0.25, 0.3) is 0 Å². The minimum atomic E-state index is -0.448. The molecule has 1 aliphatic rings. The zero-order valence-electron chi connectivity index (χ0n) is 22.0. The Bertz CT molecular complexity index is 553. The van der Waals surface area contributed by atoms with Crippen molar-refractivity contribution in [3.05, 3.63) is 36.5 Å². The maximum Gasteiger partial charge on any atom is 0.310 e. The Balaban J connectivity index is 2.22. The Morgan fingerprint density at radius 2 is 1.00 bits per heavy atom. The number of carbonyl (C=O) groups is 2. The topological polar surface area (TPSA) is 52.6 Å². The summed E-state index contributed by atoms with van der Waals surface area (Å²) in [6.07, 6.45) is 30.4. The minimum Gasteiger partial charge on any atom is -0.461 e. The molecule has 4 heteroatoms. The predicted octanol–water partition coefficient (Wildman–Crippen LogP) is 8.27. The highest BCUT2D eigenvalue weighted by Gasteiger charge is 2.36. The van der Waals surface area contributed by atoms with Crippen LogP contribution in [0.5, 0.6) is 0 Å². The van der Waals surface area contributed by atoms with Crippen molar-refractivity contribution in [3.63, 3.8) is 0 Å². The molecular weight excluding hydrogens is 424 g/mol. The second-order valence-electron chi connectivity index (χ2n) is 9.47. The second-order valence-corrected chi connectivity index (χ2v) is 9.47. The molecule has 0 heterocycles. The summed E-state index contributed by atoms with van der Waals surface area (Å²) in [6.45, 7) is 5.01. The first-order chi connectivity index (χ1) is 16.7. The largest absolute Gasteiger partial charge is 0.461 e. The van der Waals surface area contributed by atoms with Gasteiger partial charge in [0, 0.05) is 0 Å². The molecule has 0 saturated heterocycles. The van der Waals surface area contributed by atoms with Crippen LogP contribution in [0.15, 0.2) is 36.5 Å². The third-order valence-corrected chi connectivity index (χ3v) is 6.46. The summed E-state index contributed by atoms with van der Waals surface area (Å²) in [5.74, 6) is -1.49. The molecule has 4 nitrogen and oxygen atoms in total. The van der Waals surface area contributed by atoms with E-state index in [1.54, 1.807) is 0 Å². The van der Waals surface area contributed by atoms with E-state index in [2.05, 4.69) is 26.0 Å². The molecule has 2 atom stereocenters. The Hall–Kier alpha value is -1.84. The van der Waals surface area contributed by atoms with Crippen LogP contribution in [0, 0.1) is 11.8 Å². The molecule has 1 rings (SSSR count). The number of ether oxygens (including phenoxy) is 2. The SMILES string of the molecule is CCCCCCCC/C=C/COC(=O)C1CC=CCC1C(=O)OC/C=C/CCCCCCCC. The van der Waals surface area contributed by atoms with Crippen molar-refractivity contribution in [2.45, 2.75) is 117 Å². The van der Waals surface area contributed by atoms with Gasteiger partial charge in [0.1, 0.15) is 13.2 Å². The lowest BCUT2D eigenvalue weighted by Gasteiger charge is -2.24. The van der Waals surface area contributed by atoms with Gasteiger partial charge in [-0.1, -0.05) is 115 Å². The lowest BCUT2D eigenvalue weighted by molar-refractivity contribution is -0.159. The molecule has 34 heavy (non-hydrogen) atoms. The van der Waals surface area contributed by atoms with Gasteiger partial charge in [0.15, 0.2) is 0 Å². The maximum absolute atomic E-state index is 12.6. The van der Waals surface area contributed by atoms with Crippen molar-refractivity contribution in [2.24, 2.45) is 11.8 Å². The van der Waals surface area contributed by atoms with Gasteiger partial charge in [0.05, 0.1) is 11.8 Å². The standard InChI is InChI=1S/C30H50O4/c1-3-5-7-9-11-13-15-17-21-25-33-29(31)27-23-19-20-24-28(27)30(32)34-26-22-18-16-14-12-10-8-6-4-2/h17-22,27-28H,3-16,23-26H2,1-2H3/b21-17+,22-18+.